The molecule has 20 heavy (non-hydrogen) atoms. The lowest BCUT2D eigenvalue weighted by Gasteiger charge is -2.31. The van der Waals surface area contributed by atoms with Gasteiger partial charge in [0, 0.05) is 32.6 Å². The Kier molecular flexibility index (Phi) is 3.29. The van der Waals surface area contributed by atoms with Gasteiger partial charge in [-0.15, -0.1) is 10.2 Å². The van der Waals surface area contributed by atoms with Gasteiger partial charge in [-0.3, -0.25) is 4.79 Å². The van der Waals surface area contributed by atoms with Gasteiger partial charge in [0.2, 0.25) is 0 Å². The van der Waals surface area contributed by atoms with Gasteiger partial charge in [0.1, 0.15) is 6.33 Å². The zero-order valence-electron chi connectivity index (χ0n) is 11.1. The van der Waals surface area contributed by atoms with Crippen LogP contribution in [0.3, 0.4) is 0 Å². The van der Waals surface area contributed by atoms with Gasteiger partial charge >= 0.3 is 12.0 Å². The number of rotatable bonds is 2. The Morgan fingerprint density at radius 2 is 2.15 bits per heavy atom. The molecule has 8 nitrogen and oxygen atoms in total. The number of carbonyl (C=O) groups is 2. The van der Waals surface area contributed by atoms with Crippen LogP contribution in [0.4, 0.5) is 4.79 Å². The van der Waals surface area contributed by atoms with E-state index in [0.717, 1.165) is 12.2 Å². The molecule has 1 aromatic rings. The third-order valence-corrected chi connectivity index (χ3v) is 3.93. The van der Waals surface area contributed by atoms with Gasteiger partial charge in [0.25, 0.3) is 0 Å². The van der Waals surface area contributed by atoms with Crippen molar-refractivity contribution in [3.63, 3.8) is 0 Å². The highest BCUT2D eigenvalue weighted by Gasteiger charge is 2.32. The van der Waals surface area contributed by atoms with E-state index in [2.05, 4.69) is 10.2 Å². The molecule has 1 fully saturated rings. The number of urea groups is 1. The van der Waals surface area contributed by atoms with Crippen LogP contribution < -0.4 is 0 Å². The molecule has 0 saturated carbocycles. The Balaban J connectivity index is 1.59. The number of likely N-dealkylation sites (tertiary alicyclic amines) is 1. The Bertz CT molecular complexity index is 529. The van der Waals surface area contributed by atoms with Crippen molar-refractivity contribution in [3.05, 3.63) is 12.2 Å². The van der Waals surface area contributed by atoms with Gasteiger partial charge in [0.15, 0.2) is 5.82 Å². The molecule has 0 radical (unpaired) electrons. The Morgan fingerprint density at radius 3 is 2.95 bits per heavy atom. The summed E-state index contributed by atoms with van der Waals surface area (Å²) in [5, 5.41) is 16.6. The quantitative estimate of drug-likeness (QED) is 0.823. The first-order chi connectivity index (χ1) is 9.63. The van der Waals surface area contributed by atoms with Crippen molar-refractivity contribution in [1.82, 2.24) is 24.6 Å². The van der Waals surface area contributed by atoms with Crippen molar-refractivity contribution >= 4 is 12.0 Å². The lowest BCUT2D eigenvalue weighted by molar-refractivity contribution is -0.138. The number of amides is 2. The maximum atomic E-state index is 12.4. The van der Waals surface area contributed by atoms with Crippen molar-refractivity contribution in [1.29, 1.82) is 0 Å². The molecule has 0 bridgehead atoms. The second kappa shape index (κ2) is 5.10. The predicted molar refractivity (Wildman–Crippen MR) is 67.8 cm³/mol. The molecule has 1 N–H and O–H groups in total. The van der Waals surface area contributed by atoms with Crippen molar-refractivity contribution in [2.45, 2.75) is 25.9 Å². The second-order valence-electron chi connectivity index (χ2n) is 5.34. The topological polar surface area (TPSA) is 91.6 Å². The molecule has 2 amide bonds. The minimum Gasteiger partial charge on any atom is -0.481 e. The largest absolute Gasteiger partial charge is 0.481 e. The summed E-state index contributed by atoms with van der Waals surface area (Å²) in [5.41, 5.74) is 0. The summed E-state index contributed by atoms with van der Waals surface area (Å²) in [5.74, 6) is 0.0751. The lowest BCUT2D eigenvalue weighted by atomic mass is 10.1. The molecule has 1 aromatic heterocycles. The van der Waals surface area contributed by atoms with E-state index >= 15 is 0 Å². The van der Waals surface area contributed by atoms with Gasteiger partial charge in [-0.2, -0.15) is 0 Å². The zero-order chi connectivity index (χ0) is 14.1. The van der Waals surface area contributed by atoms with E-state index in [1.165, 1.54) is 0 Å². The summed E-state index contributed by atoms with van der Waals surface area (Å²) in [7, 11) is 0. The number of carbonyl (C=O) groups excluding carboxylic acids is 1. The highest BCUT2D eigenvalue weighted by atomic mass is 16.4. The summed E-state index contributed by atoms with van der Waals surface area (Å²) < 4.78 is 1.95. The van der Waals surface area contributed by atoms with E-state index < -0.39 is 5.97 Å². The SMILES string of the molecule is O=C(O)CC1CCN(C(=O)N2CCn3cnnc3C2)C1. The van der Waals surface area contributed by atoms with Crippen LogP contribution in [0.25, 0.3) is 0 Å². The average Bonchev–Trinajstić information content (AvgIpc) is 3.04. The molecule has 108 valence electrons. The summed E-state index contributed by atoms with van der Waals surface area (Å²) in [4.78, 5) is 26.6. The van der Waals surface area contributed by atoms with Gasteiger partial charge in [-0.25, -0.2) is 4.79 Å². The maximum absolute atomic E-state index is 12.4. The molecule has 0 spiro atoms. The van der Waals surface area contributed by atoms with Crippen molar-refractivity contribution in [2.24, 2.45) is 5.92 Å². The molecule has 8 heteroatoms. The fourth-order valence-corrected chi connectivity index (χ4v) is 2.85. The van der Waals surface area contributed by atoms with Gasteiger partial charge in [0.05, 0.1) is 6.54 Å². The van der Waals surface area contributed by atoms with Crippen molar-refractivity contribution in [2.75, 3.05) is 19.6 Å². The number of hydrogen-bond acceptors (Lipinski definition) is 4. The van der Waals surface area contributed by atoms with Crippen LogP contribution in [-0.2, 0) is 17.9 Å². The highest BCUT2D eigenvalue weighted by molar-refractivity contribution is 5.75. The second-order valence-corrected chi connectivity index (χ2v) is 5.34. The molecule has 0 aliphatic carbocycles. The van der Waals surface area contributed by atoms with E-state index in [1.807, 2.05) is 4.57 Å². The first-order valence-corrected chi connectivity index (χ1v) is 6.76. The molecular weight excluding hydrogens is 262 g/mol. The van der Waals surface area contributed by atoms with E-state index in [4.69, 9.17) is 5.11 Å². The number of aliphatic carboxylic acids is 1. The molecule has 0 aromatic carbocycles. The smallest absolute Gasteiger partial charge is 0.320 e. The molecular formula is C12H17N5O3. The summed E-state index contributed by atoms with van der Waals surface area (Å²) in [6.07, 6.45) is 2.58. The van der Waals surface area contributed by atoms with Gasteiger partial charge < -0.3 is 19.5 Å². The third-order valence-electron chi connectivity index (χ3n) is 3.93. The fourth-order valence-electron chi connectivity index (χ4n) is 2.85. The molecule has 1 atom stereocenters. The molecule has 1 saturated heterocycles. The summed E-state index contributed by atoms with van der Waals surface area (Å²) in [6.45, 7) is 3.00. The monoisotopic (exact) mass is 279 g/mol. The number of carboxylic acids is 1. The lowest BCUT2D eigenvalue weighted by Crippen LogP contribution is -2.45. The minimum absolute atomic E-state index is 0.0212. The van der Waals surface area contributed by atoms with Crippen molar-refractivity contribution in [3.8, 4) is 0 Å². The molecule has 1 unspecified atom stereocenters. The standard InChI is InChI=1S/C12H17N5O3/c18-11(19)5-9-1-2-15(6-9)12(20)16-3-4-17-8-13-14-10(17)7-16/h8-9H,1-7H2,(H,18,19). The average molecular weight is 279 g/mol. The number of nitrogens with zero attached hydrogens (tertiary/aromatic N) is 5. The third kappa shape index (κ3) is 2.45. The van der Waals surface area contributed by atoms with E-state index in [9.17, 15) is 9.59 Å². The van der Waals surface area contributed by atoms with Crippen LogP contribution >= 0.6 is 0 Å². The van der Waals surface area contributed by atoms with Gasteiger partial charge in [-0.05, 0) is 12.3 Å². The van der Waals surface area contributed by atoms with Crippen LogP contribution in [0.1, 0.15) is 18.7 Å². The minimum atomic E-state index is -0.796. The van der Waals surface area contributed by atoms with Crippen LogP contribution in [0, 0.1) is 5.92 Å². The maximum Gasteiger partial charge on any atom is 0.320 e. The normalized spacial score (nSPS) is 21.9. The number of carboxylic acid groups (broad SMARTS) is 1. The first-order valence-electron chi connectivity index (χ1n) is 6.76. The Hall–Kier alpha value is -2.12. The summed E-state index contributed by atoms with van der Waals surface area (Å²) >= 11 is 0. The van der Waals surface area contributed by atoms with E-state index in [0.29, 0.717) is 32.7 Å². The van der Waals surface area contributed by atoms with Crippen LogP contribution in [0.5, 0.6) is 0 Å². The fraction of sp³-hybridized carbons (Fsp3) is 0.667. The zero-order valence-corrected chi connectivity index (χ0v) is 11.1. The Labute approximate surface area is 116 Å². The number of hydrogen-bond donors (Lipinski definition) is 1. The first kappa shape index (κ1) is 12.9. The molecule has 3 rings (SSSR count). The molecule has 2 aliphatic rings. The Morgan fingerprint density at radius 1 is 1.30 bits per heavy atom. The van der Waals surface area contributed by atoms with Crippen LogP contribution in [0.15, 0.2) is 6.33 Å². The number of aromatic nitrogens is 3. The van der Waals surface area contributed by atoms with Crippen LogP contribution in [-0.4, -0.2) is 61.3 Å². The summed E-state index contributed by atoms with van der Waals surface area (Å²) in [6, 6.07) is -0.0212. The van der Waals surface area contributed by atoms with Crippen LogP contribution in [0.2, 0.25) is 0 Å². The predicted octanol–water partition coefficient (Wildman–Crippen LogP) is 0.0103. The van der Waals surface area contributed by atoms with Gasteiger partial charge in [-0.1, -0.05) is 0 Å². The van der Waals surface area contributed by atoms with Crippen molar-refractivity contribution < 1.29 is 14.7 Å². The highest BCUT2D eigenvalue weighted by Crippen LogP contribution is 2.22. The van der Waals surface area contributed by atoms with E-state index in [1.54, 1.807) is 16.1 Å². The number of fused-ring (bicyclic) bond motifs is 1. The molecule has 2 aliphatic heterocycles. The van der Waals surface area contributed by atoms with E-state index in [-0.39, 0.29) is 18.4 Å². The molecule has 3 heterocycles.